The number of aromatic amines is 1. The summed E-state index contributed by atoms with van der Waals surface area (Å²) < 4.78 is 27.5. The SMILES string of the molecule is Cc1[nH]c(C)c(C(=O)N2CCCN(CC(=O)Nc3ccc(F)cc3F)CC2)c1Br. The van der Waals surface area contributed by atoms with Crippen LogP contribution >= 0.6 is 15.9 Å². The van der Waals surface area contributed by atoms with Gasteiger partial charge in [-0.05, 0) is 48.3 Å². The van der Waals surface area contributed by atoms with Crippen LogP contribution in [0.25, 0.3) is 0 Å². The van der Waals surface area contributed by atoms with Crippen LogP contribution in [0.1, 0.15) is 28.2 Å². The average molecular weight is 469 g/mol. The number of benzene rings is 1. The maximum atomic E-state index is 13.7. The Bertz CT molecular complexity index is 931. The number of carbonyl (C=O) groups is 2. The number of amides is 2. The molecule has 0 radical (unpaired) electrons. The third-order valence-corrected chi connectivity index (χ3v) is 5.95. The number of hydrogen-bond acceptors (Lipinski definition) is 3. The predicted molar refractivity (Wildman–Crippen MR) is 110 cm³/mol. The zero-order valence-electron chi connectivity index (χ0n) is 16.3. The standard InChI is InChI=1S/C20H23BrF2N4O2/c1-12-18(19(21)13(2)24-12)20(29)27-7-3-6-26(8-9-27)11-17(28)25-16-5-4-14(22)10-15(16)23/h4-5,10,24H,3,6-9,11H2,1-2H3,(H,25,28). The first-order chi connectivity index (χ1) is 13.8. The van der Waals surface area contributed by atoms with E-state index in [2.05, 4.69) is 26.2 Å². The maximum Gasteiger partial charge on any atom is 0.256 e. The van der Waals surface area contributed by atoms with Gasteiger partial charge in [0.1, 0.15) is 11.6 Å². The molecule has 29 heavy (non-hydrogen) atoms. The van der Waals surface area contributed by atoms with E-state index in [-0.39, 0.29) is 24.0 Å². The van der Waals surface area contributed by atoms with E-state index in [4.69, 9.17) is 0 Å². The van der Waals surface area contributed by atoms with E-state index in [1.807, 2.05) is 18.7 Å². The Morgan fingerprint density at radius 2 is 1.90 bits per heavy atom. The molecule has 0 aliphatic carbocycles. The van der Waals surface area contributed by atoms with E-state index in [9.17, 15) is 18.4 Å². The third kappa shape index (κ3) is 5.02. The molecule has 1 fully saturated rings. The minimum absolute atomic E-state index is 0.0431. The summed E-state index contributed by atoms with van der Waals surface area (Å²) in [4.78, 5) is 32.1. The molecule has 0 spiro atoms. The van der Waals surface area contributed by atoms with E-state index in [1.54, 1.807) is 4.90 Å². The van der Waals surface area contributed by atoms with Crippen LogP contribution in [0, 0.1) is 25.5 Å². The van der Waals surface area contributed by atoms with Gasteiger partial charge in [-0.2, -0.15) is 0 Å². The normalized spacial score (nSPS) is 15.3. The Morgan fingerprint density at radius 1 is 1.14 bits per heavy atom. The number of H-pyrrole nitrogens is 1. The lowest BCUT2D eigenvalue weighted by Gasteiger charge is -2.22. The van der Waals surface area contributed by atoms with Gasteiger partial charge < -0.3 is 15.2 Å². The quantitative estimate of drug-likeness (QED) is 0.721. The molecule has 9 heteroatoms. The lowest BCUT2D eigenvalue weighted by atomic mass is 10.2. The zero-order chi connectivity index (χ0) is 21.1. The molecule has 2 heterocycles. The van der Waals surface area contributed by atoms with Crippen molar-refractivity contribution in [1.82, 2.24) is 14.8 Å². The molecule has 0 saturated carbocycles. The number of aromatic nitrogens is 1. The van der Waals surface area contributed by atoms with E-state index in [0.29, 0.717) is 31.7 Å². The van der Waals surface area contributed by atoms with Crippen molar-refractivity contribution in [1.29, 1.82) is 0 Å². The van der Waals surface area contributed by atoms with Gasteiger partial charge in [-0.25, -0.2) is 8.78 Å². The van der Waals surface area contributed by atoms with Gasteiger partial charge in [0.2, 0.25) is 5.91 Å². The van der Waals surface area contributed by atoms with Crippen LogP contribution in [0.4, 0.5) is 14.5 Å². The molecule has 156 valence electrons. The molecule has 0 bridgehead atoms. The van der Waals surface area contributed by atoms with Crippen LogP contribution in [0.3, 0.4) is 0 Å². The summed E-state index contributed by atoms with van der Waals surface area (Å²) in [7, 11) is 0. The minimum atomic E-state index is -0.811. The summed E-state index contributed by atoms with van der Waals surface area (Å²) in [5, 5.41) is 2.47. The van der Waals surface area contributed by atoms with Gasteiger partial charge in [0, 0.05) is 43.6 Å². The van der Waals surface area contributed by atoms with Crippen molar-refractivity contribution in [3.8, 4) is 0 Å². The molecule has 1 aliphatic rings. The van der Waals surface area contributed by atoms with Crippen molar-refractivity contribution < 1.29 is 18.4 Å². The summed E-state index contributed by atoms with van der Waals surface area (Å²) >= 11 is 3.48. The van der Waals surface area contributed by atoms with Gasteiger partial charge in [-0.15, -0.1) is 0 Å². The number of hydrogen-bond donors (Lipinski definition) is 2. The first kappa shape index (κ1) is 21.4. The Hall–Kier alpha value is -2.26. The largest absolute Gasteiger partial charge is 0.361 e. The zero-order valence-corrected chi connectivity index (χ0v) is 17.9. The molecule has 1 saturated heterocycles. The first-order valence-electron chi connectivity index (χ1n) is 9.37. The summed E-state index contributed by atoms with van der Waals surface area (Å²) in [5.41, 5.74) is 2.32. The van der Waals surface area contributed by atoms with Crippen molar-refractivity contribution in [2.24, 2.45) is 0 Å². The van der Waals surface area contributed by atoms with Crippen molar-refractivity contribution in [2.75, 3.05) is 38.0 Å². The minimum Gasteiger partial charge on any atom is -0.361 e. The van der Waals surface area contributed by atoms with Crippen LogP contribution < -0.4 is 5.32 Å². The van der Waals surface area contributed by atoms with Crippen LogP contribution in [0.15, 0.2) is 22.7 Å². The van der Waals surface area contributed by atoms with Gasteiger partial charge in [0.15, 0.2) is 0 Å². The van der Waals surface area contributed by atoms with Crippen LogP contribution in [-0.4, -0.2) is 59.3 Å². The molecule has 0 atom stereocenters. The summed E-state index contributed by atoms with van der Waals surface area (Å²) in [6.45, 7) is 6.12. The predicted octanol–water partition coefficient (Wildman–Crippen LogP) is 3.46. The van der Waals surface area contributed by atoms with E-state index in [0.717, 1.165) is 34.4 Å². The molecule has 0 unspecified atom stereocenters. The average Bonchev–Trinajstić information content (AvgIpc) is 2.82. The third-order valence-electron chi connectivity index (χ3n) is 4.96. The van der Waals surface area contributed by atoms with Gasteiger partial charge >= 0.3 is 0 Å². The number of nitrogens with zero attached hydrogens (tertiary/aromatic N) is 2. The Morgan fingerprint density at radius 3 is 2.55 bits per heavy atom. The fourth-order valence-corrected chi connectivity index (χ4v) is 4.05. The van der Waals surface area contributed by atoms with Crippen molar-refractivity contribution in [3.05, 3.63) is 51.3 Å². The second-order valence-electron chi connectivity index (χ2n) is 7.16. The van der Waals surface area contributed by atoms with Crippen LogP contribution in [0.2, 0.25) is 0 Å². The fourth-order valence-electron chi connectivity index (χ4n) is 3.48. The summed E-state index contributed by atoms with van der Waals surface area (Å²) in [6.07, 6.45) is 0.726. The second kappa shape index (κ2) is 9.04. The number of aryl methyl sites for hydroxylation is 2. The number of anilines is 1. The number of nitrogens with one attached hydrogen (secondary N) is 2. The van der Waals surface area contributed by atoms with Gasteiger partial charge in [-0.3, -0.25) is 14.5 Å². The van der Waals surface area contributed by atoms with Crippen LogP contribution in [-0.2, 0) is 4.79 Å². The number of carbonyl (C=O) groups excluding carboxylic acids is 2. The summed E-state index contributed by atoms with van der Waals surface area (Å²) in [5.74, 6) is -1.93. The molecule has 6 nitrogen and oxygen atoms in total. The first-order valence-corrected chi connectivity index (χ1v) is 10.2. The summed E-state index contributed by atoms with van der Waals surface area (Å²) in [6, 6.07) is 3.02. The van der Waals surface area contributed by atoms with Crippen molar-refractivity contribution >= 4 is 33.4 Å². The lowest BCUT2D eigenvalue weighted by molar-refractivity contribution is -0.117. The molecule has 1 aliphatic heterocycles. The lowest BCUT2D eigenvalue weighted by Crippen LogP contribution is -2.38. The van der Waals surface area contributed by atoms with Crippen molar-refractivity contribution in [2.45, 2.75) is 20.3 Å². The Labute approximate surface area is 176 Å². The highest BCUT2D eigenvalue weighted by Gasteiger charge is 2.25. The van der Waals surface area contributed by atoms with Gasteiger partial charge in [-0.1, -0.05) is 0 Å². The van der Waals surface area contributed by atoms with E-state index < -0.39 is 11.6 Å². The Kier molecular flexibility index (Phi) is 6.69. The van der Waals surface area contributed by atoms with Crippen LogP contribution in [0.5, 0.6) is 0 Å². The molecule has 3 rings (SSSR count). The van der Waals surface area contributed by atoms with Gasteiger partial charge in [0.05, 0.1) is 22.3 Å². The van der Waals surface area contributed by atoms with E-state index in [1.165, 1.54) is 6.07 Å². The highest BCUT2D eigenvalue weighted by molar-refractivity contribution is 9.10. The smallest absolute Gasteiger partial charge is 0.256 e. The molecule has 2 aromatic rings. The fraction of sp³-hybridized carbons (Fsp3) is 0.400. The molecule has 2 amide bonds. The molecule has 2 N–H and O–H groups in total. The van der Waals surface area contributed by atoms with Crippen molar-refractivity contribution in [3.63, 3.8) is 0 Å². The molecular formula is C20H23BrF2N4O2. The number of halogens is 3. The Balaban J connectivity index is 1.58. The van der Waals surface area contributed by atoms with Gasteiger partial charge in [0.25, 0.3) is 5.91 Å². The second-order valence-corrected chi connectivity index (χ2v) is 7.95. The molecule has 1 aromatic carbocycles. The topological polar surface area (TPSA) is 68.4 Å². The maximum absolute atomic E-state index is 13.7. The highest BCUT2D eigenvalue weighted by Crippen LogP contribution is 2.26. The molecular weight excluding hydrogens is 446 g/mol. The molecule has 1 aromatic heterocycles. The monoisotopic (exact) mass is 468 g/mol. The number of rotatable bonds is 4. The highest BCUT2D eigenvalue weighted by atomic mass is 79.9. The van der Waals surface area contributed by atoms with E-state index >= 15 is 0 Å².